The number of anilines is 1. The molecule has 0 bridgehead atoms. The second-order valence-corrected chi connectivity index (χ2v) is 7.76. The van der Waals surface area contributed by atoms with Crippen LogP contribution in [0.5, 0.6) is 5.75 Å². The van der Waals surface area contributed by atoms with E-state index >= 15 is 0 Å². The number of amides is 1. The van der Waals surface area contributed by atoms with Crippen LogP contribution < -0.4 is 10.1 Å². The summed E-state index contributed by atoms with van der Waals surface area (Å²) in [6, 6.07) is 11.9. The topological polar surface area (TPSA) is 38.3 Å². The third-order valence-corrected chi connectivity index (χ3v) is 4.33. The molecule has 2 aromatic carbocycles. The standard InChI is InChI=1S/C20H23BrFNO2/c1-20(2,3)14-9-10-18(17(21)12-14)25-11-5-8-19(24)23-16-7-4-6-15(22)13-16/h4,6-7,9-10,12-13H,5,8,11H2,1-3H3,(H,23,24). The van der Waals surface area contributed by atoms with Crippen molar-refractivity contribution in [3.63, 3.8) is 0 Å². The highest BCUT2D eigenvalue weighted by atomic mass is 79.9. The van der Waals surface area contributed by atoms with Crippen LogP contribution in [-0.4, -0.2) is 12.5 Å². The monoisotopic (exact) mass is 407 g/mol. The minimum Gasteiger partial charge on any atom is -0.492 e. The summed E-state index contributed by atoms with van der Waals surface area (Å²) in [5, 5.41) is 2.67. The number of rotatable bonds is 6. The van der Waals surface area contributed by atoms with Crippen LogP contribution in [0.15, 0.2) is 46.9 Å². The van der Waals surface area contributed by atoms with Gasteiger partial charge in [-0.2, -0.15) is 0 Å². The van der Waals surface area contributed by atoms with Gasteiger partial charge in [0, 0.05) is 12.1 Å². The quantitative estimate of drug-likeness (QED) is 0.625. The van der Waals surface area contributed by atoms with Crippen LogP contribution in [0, 0.1) is 5.82 Å². The highest BCUT2D eigenvalue weighted by Gasteiger charge is 2.15. The zero-order valence-corrected chi connectivity index (χ0v) is 16.3. The van der Waals surface area contributed by atoms with Crippen LogP contribution in [0.25, 0.3) is 0 Å². The lowest BCUT2D eigenvalue weighted by atomic mass is 9.87. The van der Waals surface area contributed by atoms with Gasteiger partial charge in [-0.15, -0.1) is 0 Å². The van der Waals surface area contributed by atoms with Crippen molar-refractivity contribution < 1.29 is 13.9 Å². The van der Waals surface area contributed by atoms with E-state index in [2.05, 4.69) is 54.2 Å². The van der Waals surface area contributed by atoms with Gasteiger partial charge in [-0.1, -0.05) is 32.9 Å². The summed E-state index contributed by atoms with van der Waals surface area (Å²) in [7, 11) is 0. The van der Waals surface area contributed by atoms with Crippen molar-refractivity contribution in [3.8, 4) is 5.75 Å². The summed E-state index contributed by atoms with van der Waals surface area (Å²) >= 11 is 3.53. The molecule has 0 unspecified atom stereocenters. The Bertz CT molecular complexity index is 741. The van der Waals surface area contributed by atoms with Crippen molar-refractivity contribution in [2.24, 2.45) is 0 Å². The Hall–Kier alpha value is -1.88. The highest BCUT2D eigenvalue weighted by molar-refractivity contribution is 9.10. The van der Waals surface area contributed by atoms with E-state index in [1.807, 2.05) is 6.07 Å². The number of halogens is 2. The highest BCUT2D eigenvalue weighted by Crippen LogP contribution is 2.31. The van der Waals surface area contributed by atoms with Gasteiger partial charge in [-0.05, 0) is 63.7 Å². The van der Waals surface area contributed by atoms with Gasteiger partial charge in [0.25, 0.3) is 0 Å². The molecule has 0 radical (unpaired) electrons. The fraction of sp³-hybridized carbons (Fsp3) is 0.350. The number of nitrogens with one attached hydrogen (secondary N) is 1. The molecule has 0 aliphatic heterocycles. The van der Waals surface area contributed by atoms with Gasteiger partial charge in [-0.3, -0.25) is 4.79 Å². The molecular weight excluding hydrogens is 385 g/mol. The van der Waals surface area contributed by atoms with Crippen molar-refractivity contribution in [2.45, 2.75) is 39.0 Å². The van der Waals surface area contributed by atoms with E-state index in [1.54, 1.807) is 12.1 Å². The molecule has 0 heterocycles. The molecule has 134 valence electrons. The number of ether oxygens (including phenoxy) is 1. The average molecular weight is 408 g/mol. The zero-order chi connectivity index (χ0) is 18.4. The van der Waals surface area contributed by atoms with E-state index in [1.165, 1.54) is 17.7 Å². The van der Waals surface area contributed by atoms with Crippen LogP contribution in [-0.2, 0) is 10.2 Å². The molecule has 3 nitrogen and oxygen atoms in total. The lowest BCUT2D eigenvalue weighted by Gasteiger charge is -2.20. The van der Waals surface area contributed by atoms with Crippen LogP contribution in [0.4, 0.5) is 10.1 Å². The number of hydrogen-bond acceptors (Lipinski definition) is 2. The number of carbonyl (C=O) groups is 1. The Kier molecular flexibility index (Phi) is 6.59. The normalized spacial score (nSPS) is 11.2. The fourth-order valence-electron chi connectivity index (χ4n) is 2.29. The van der Waals surface area contributed by atoms with Crippen LogP contribution >= 0.6 is 15.9 Å². The number of carbonyl (C=O) groups excluding carboxylic acids is 1. The van der Waals surface area contributed by atoms with Gasteiger partial charge < -0.3 is 10.1 Å². The van der Waals surface area contributed by atoms with Crippen molar-refractivity contribution in [2.75, 3.05) is 11.9 Å². The Labute approximate surface area is 156 Å². The summed E-state index contributed by atoms with van der Waals surface area (Å²) < 4.78 is 19.7. The third-order valence-electron chi connectivity index (χ3n) is 3.71. The van der Waals surface area contributed by atoms with Crippen LogP contribution in [0.2, 0.25) is 0 Å². The smallest absolute Gasteiger partial charge is 0.224 e. The Balaban J connectivity index is 1.78. The minimum absolute atomic E-state index is 0.0794. The largest absolute Gasteiger partial charge is 0.492 e. The summed E-state index contributed by atoms with van der Waals surface area (Å²) in [5.74, 6) is 0.236. The summed E-state index contributed by atoms with van der Waals surface area (Å²) in [4.78, 5) is 11.9. The van der Waals surface area contributed by atoms with Crippen LogP contribution in [0.1, 0.15) is 39.2 Å². The molecule has 0 aliphatic rings. The van der Waals surface area contributed by atoms with Crippen molar-refractivity contribution in [1.29, 1.82) is 0 Å². The van der Waals surface area contributed by atoms with Crippen molar-refractivity contribution in [1.82, 2.24) is 0 Å². The summed E-state index contributed by atoms with van der Waals surface area (Å²) in [6.07, 6.45) is 0.892. The maximum Gasteiger partial charge on any atom is 0.224 e. The molecule has 5 heteroatoms. The molecule has 1 N–H and O–H groups in total. The predicted molar refractivity (Wildman–Crippen MR) is 103 cm³/mol. The third kappa shape index (κ3) is 6.16. The van der Waals surface area contributed by atoms with E-state index in [4.69, 9.17) is 4.74 Å². The summed E-state index contributed by atoms with van der Waals surface area (Å²) in [5.41, 5.74) is 1.77. The van der Waals surface area contributed by atoms with Gasteiger partial charge in [0.05, 0.1) is 11.1 Å². The Morgan fingerprint density at radius 2 is 1.96 bits per heavy atom. The molecule has 0 aromatic heterocycles. The molecule has 2 rings (SSSR count). The number of benzene rings is 2. The molecule has 1 amide bonds. The second kappa shape index (κ2) is 8.48. The molecule has 0 spiro atoms. The number of hydrogen-bond donors (Lipinski definition) is 1. The fourth-order valence-corrected chi connectivity index (χ4v) is 2.78. The SMILES string of the molecule is CC(C)(C)c1ccc(OCCCC(=O)Nc2cccc(F)c2)c(Br)c1. The molecule has 2 aromatic rings. The van der Waals surface area contributed by atoms with Crippen molar-refractivity contribution >= 4 is 27.5 Å². The lowest BCUT2D eigenvalue weighted by molar-refractivity contribution is -0.116. The van der Waals surface area contributed by atoms with E-state index in [0.29, 0.717) is 25.1 Å². The maximum absolute atomic E-state index is 13.1. The molecule has 0 fully saturated rings. The molecule has 25 heavy (non-hydrogen) atoms. The first-order valence-corrected chi connectivity index (χ1v) is 9.03. The van der Waals surface area contributed by atoms with Crippen LogP contribution in [0.3, 0.4) is 0 Å². The molecule has 0 atom stereocenters. The first-order valence-electron chi connectivity index (χ1n) is 8.24. The first-order chi connectivity index (χ1) is 11.8. The molecule has 0 saturated carbocycles. The lowest BCUT2D eigenvalue weighted by Crippen LogP contribution is -2.13. The van der Waals surface area contributed by atoms with E-state index in [-0.39, 0.29) is 17.1 Å². The predicted octanol–water partition coefficient (Wildman–Crippen LogP) is 5.68. The van der Waals surface area contributed by atoms with Gasteiger partial charge in [0.2, 0.25) is 5.91 Å². The van der Waals surface area contributed by atoms with Gasteiger partial charge in [0.1, 0.15) is 11.6 Å². The minimum atomic E-state index is -0.371. The van der Waals surface area contributed by atoms with Gasteiger partial charge in [-0.25, -0.2) is 4.39 Å². The first kappa shape index (κ1) is 19.4. The Morgan fingerprint density at radius 1 is 1.20 bits per heavy atom. The second-order valence-electron chi connectivity index (χ2n) is 6.91. The van der Waals surface area contributed by atoms with Gasteiger partial charge >= 0.3 is 0 Å². The Morgan fingerprint density at radius 3 is 2.60 bits per heavy atom. The maximum atomic E-state index is 13.1. The van der Waals surface area contributed by atoms with E-state index in [0.717, 1.165) is 10.2 Å². The van der Waals surface area contributed by atoms with Gasteiger partial charge in [0.15, 0.2) is 0 Å². The molecular formula is C20H23BrFNO2. The molecule has 0 saturated heterocycles. The summed E-state index contributed by atoms with van der Waals surface area (Å²) in [6.45, 7) is 6.91. The van der Waals surface area contributed by atoms with E-state index < -0.39 is 0 Å². The van der Waals surface area contributed by atoms with Crippen molar-refractivity contribution in [3.05, 3.63) is 58.3 Å². The molecule has 0 aliphatic carbocycles. The van der Waals surface area contributed by atoms with E-state index in [9.17, 15) is 9.18 Å². The zero-order valence-electron chi connectivity index (χ0n) is 14.7. The average Bonchev–Trinajstić information content (AvgIpc) is 2.51.